The maximum atomic E-state index is 14.3. The summed E-state index contributed by atoms with van der Waals surface area (Å²) in [6.45, 7) is 0.261. The predicted molar refractivity (Wildman–Crippen MR) is 101 cm³/mol. The molecule has 0 atom stereocenters. The minimum Gasteiger partial charge on any atom is -0.349 e. The van der Waals surface area contributed by atoms with Crippen molar-refractivity contribution in [3.63, 3.8) is 0 Å². The molecule has 7 nitrogen and oxygen atoms in total. The van der Waals surface area contributed by atoms with Crippen LogP contribution < -0.4 is 10.9 Å². The molecule has 0 saturated heterocycles. The molecule has 1 amide bonds. The smallest absolute Gasteiger partial charge is 0.274 e. The number of hydrogen-bond acceptors (Lipinski definition) is 4. The Morgan fingerprint density at radius 1 is 1.04 bits per heavy atom. The monoisotopic (exact) mass is 377 g/mol. The average molecular weight is 377 g/mol. The summed E-state index contributed by atoms with van der Waals surface area (Å²) in [5.74, 6) is -1.37. The molecule has 0 unspecified atom stereocenters. The van der Waals surface area contributed by atoms with Crippen molar-refractivity contribution in [2.45, 2.75) is 6.54 Å². The van der Waals surface area contributed by atoms with Gasteiger partial charge < -0.3 is 5.32 Å². The number of halogens is 1. The highest BCUT2D eigenvalue weighted by molar-refractivity contribution is 5.93. The van der Waals surface area contributed by atoms with E-state index in [1.807, 2.05) is 30.3 Å². The fourth-order valence-electron chi connectivity index (χ4n) is 2.84. The normalized spacial score (nSPS) is 10.9. The molecule has 1 N–H and O–H groups in total. The largest absolute Gasteiger partial charge is 0.349 e. The number of rotatable bonds is 5. The molecule has 0 fully saturated rings. The number of imidazole rings is 1. The Hall–Kier alpha value is -3.81. The van der Waals surface area contributed by atoms with Gasteiger partial charge in [0, 0.05) is 24.4 Å². The average Bonchev–Trinajstić information content (AvgIpc) is 3.07. The summed E-state index contributed by atoms with van der Waals surface area (Å²) in [4.78, 5) is 28.3. The van der Waals surface area contributed by atoms with Crippen LogP contribution in [0.5, 0.6) is 0 Å². The number of carbonyl (C=O) groups is 1. The number of hydrogen-bond donors (Lipinski definition) is 1. The van der Waals surface area contributed by atoms with E-state index >= 15 is 0 Å². The zero-order valence-electron chi connectivity index (χ0n) is 14.7. The van der Waals surface area contributed by atoms with Gasteiger partial charge in [0.15, 0.2) is 5.69 Å². The van der Waals surface area contributed by atoms with Gasteiger partial charge in [0.2, 0.25) is 5.95 Å². The van der Waals surface area contributed by atoms with Crippen molar-refractivity contribution in [3.05, 3.63) is 88.9 Å². The first kappa shape index (κ1) is 17.6. The lowest BCUT2D eigenvalue weighted by Gasteiger charge is -2.08. The van der Waals surface area contributed by atoms with E-state index in [4.69, 9.17) is 0 Å². The Kier molecular flexibility index (Phi) is 4.67. The lowest BCUT2D eigenvalue weighted by atomic mass is 10.1. The highest BCUT2D eigenvalue weighted by atomic mass is 19.1. The van der Waals surface area contributed by atoms with E-state index < -0.39 is 11.9 Å². The van der Waals surface area contributed by atoms with E-state index in [0.29, 0.717) is 11.3 Å². The van der Waals surface area contributed by atoms with Crippen LogP contribution in [0, 0.1) is 5.95 Å². The van der Waals surface area contributed by atoms with Crippen LogP contribution in [0.4, 0.5) is 4.39 Å². The Morgan fingerprint density at radius 3 is 2.61 bits per heavy atom. The van der Waals surface area contributed by atoms with Crippen LogP contribution in [-0.2, 0) is 6.54 Å². The molecule has 0 aliphatic heterocycles. The molecule has 0 aliphatic rings. The second kappa shape index (κ2) is 7.43. The summed E-state index contributed by atoms with van der Waals surface area (Å²) in [6.07, 6.45) is 1.49. The maximum Gasteiger partial charge on any atom is 0.274 e. The van der Waals surface area contributed by atoms with Crippen molar-refractivity contribution in [3.8, 4) is 11.3 Å². The number of aromatic nitrogens is 4. The molecule has 3 aromatic heterocycles. The standard InChI is InChI=1S/C20H16FN5O2/c21-19-18(23-16-8-4-5-12-25(16)19)20(28)22-11-13-26-17(27)10-9-15(24-26)14-6-2-1-3-7-14/h1-10,12H,11,13H2,(H,22,28). The SMILES string of the molecule is O=C(NCCn1nc(-c2ccccc2)ccc1=O)c1nc2ccccn2c1F. The number of nitrogens with zero attached hydrogens (tertiary/aromatic N) is 4. The zero-order valence-corrected chi connectivity index (χ0v) is 14.7. The van der Waals surface area contributed by atoms with Crippen LogP contribution in [-0.4, -0.2) is 31.6 Å². The summed E-state index contributed by atoms with van der Waals surface area (Å²) >= 11 is 0. The van der Waals surface area contributed by atoms with Crippen LogP contribution in [0.2, 0.25) is 0 Å². The van der Waals surface area contributed by atoms with E-state index in [-0.39, 0.29) is 24.3 Å². The van der Waals surface area contributed by atoms with E-state index in [2.05, 4.69) is 15.4 Å². The van der Waals surface area contributed by atoms with Crippen LogP contribution in [0.15, 0.2) is 71.7 Å². The Labute approximate surface area is 159 Å². The van der Waals surface area contributed by atoms with Gasteiger partial charge >= 0.3 is 0 Å². The predicted octanol–water partition coefficient (Wildman–Crippen LogP) is 2.13. The molecule has 8 heteroatoms. The van der Waals surface area contributed by atoms with Gasteiger partial charge in [-0.1, -0.05) is 36.4 Å². The van der Waals surface area contributed by atoms with Crippen LogP contribution in [0.25, 0.3) is 16.9 Å². The van der Waals surface area contributed by atoms with Crippen LogP contribution in [0.3, 0.4) is 0 Å². The summed E-state index contributed by atoms with van der Waals surface area (Å²) in [6, 6.07) is 17.5. The first-order chi connectivity index (χ1) is 13.6. The summed E-state index contributed by atoms with van der Waals surface area (Å²) in [5, 5.41) is 6.90. The topological polar surface area (TPSA) is 81.3 Å². The summed E-state index contributed by atoms with van der Waals surface area (Å²) in [7, 11) is 0. The lowest BCUT2D eigenvalue weighted by molar-refractivity contribution is 0.0942. The van der Waals surface area contributed by atoms with Crippen LogP contribution >= 0.6 is 0 Å². The van der Waals surface area contributed by atoms with Gasteiger partial charge in [-0.2, -0.15) is 9.49 Å². The highest BCUT2D eigenvalue weighted by Crippen LogP contribution is 2.14. The number of fused-ring (bicyclic) bond motifs is 1. The molecule has 0 radical (unpaired) electrons. The van der Waals surface area contributed by atoms with Gasteiger partial charge in [-0.05, 0) is 18.2 Å². The molecule has 4 rings (SSSR count). The second-order valence-corrected chi connectivity index (χ2v) is 6.08. The number of nitrogens with one attached hydrogen (secondary N) is 1. The molecule has 0 saturated carbocycles. The van der Waals surface area contributed by atoms with Gasteiger partial charge in [0.25, 0.3) is 11.5 Å². The van der Waals surface area contributed by atoms with Crippen molar-refractivity contribution < 1.29 is 9.18 Å². The van der Waals surface area contributed by atoms with Crippen molar-refractivity contribution in [1.82, 2.24) is 24.5 Å². The van der Waals surface area contributed by atoms with E-state index in [1.54, 1.807) is 24.3 Å². The molecule has 0 spiro atoms. The molecule has 28 heavy (non-hydrogen) atoms. The molecule has 140 valence electrons. The first-order valence-corrected chi connectivity index (χ1v) is 8.68. The van der Waals surface area contributed by atoms with E-state index in [9.17, 15) is 14.0 Å². The number of amides is 1. The quantitative estimate of drug-likeness (QED) is 0.578. The van der Waals surface area contributed by atoms with E-state index in [1.165, 1.54) is 21.3 Å². The van der Waals surface area contributed by atoms with Crippen molar-refractivity contribution in [1.29, 1.82) is 0 Å². The Bertz CT molecular complexity index is 1200. The third-order valence-corrected chi connectivity index (χ3v) is 4.23. The fourth-order valence-corrected chi connectivity index (χ4v) is 2.84. The zero-order chi connectivity index (χ0) is 19.5. The third-order valence-electron chi connectivity index (χ3n) is 4.23. The van der Waals surface area contributed by atoms with Gasteiger partial charge in [-0.15, -0.1) is 0 Å². The maximum absolute atomic E-state index is 14.3. The third kappa shape index (κ3) is 3.39. The first-order valence-electron chi connectivity index (χ1n) is 8.68. The lowest BCUT2D eigenvalue weighted by Crippen LogP contribution is -2.32. The summed E-state index contributed by atoms with van der Waals surface area (Å²) < 4.78 is 16.8. The second-order valence-electron chi connectivity index (χ2n) is 6.08. The Morgan fingerprint density at radius 2 is 1.82 bits per heavy atom. The number of pyridine rings is 1. The summed E-state index contributed by atoms with van der Waals surface area (Å²) in [5.41, 5.74) is 1.31. The highest BCUT2D eigenvalue weighted by Gasteiger charge is 2.18. The van der Waals surface area contributed by atoms with Gasteiger partial charge in [0.1, 0.15) is 5.65 Å². The molecule has 4 aromatic rings. The molecular weight excluding hydrogens is 361 g/mol. The fraction of sp³-hybridized carbons (Fsp3) is 0.100. The molecule has 3 heterocycles. The van der Waals surface area contributed by atoms with Gasteiger partial charge in [-0.25, -0.2) is 9.67 Å². The van der Waals surface area contributed by atoms with Crippen molar-refractivity contribution in [2.75, 3.05) is 6.54 Å². The number of benzene rings is 1. The van der Waals surface area contributed by atoms with Crippen molar-refractivity contribution >= 4 is 11.6 Å². The number of carbonyl (C=O) groups excluding carboxylic acids is 1. The van der Waals surface area contributed by atoms with Gasteiger partial charge in [0.05, 0.1) is 12.2 Å². The van der Waals surface area contributed by atoms with E-state index in [0.717, 1.165) is 5.56 Å². The molecule has 1 aromatic carbocycles. The Balaban J connectivity index is 1.47. The minimum absolute atomic E-state index is 0.108. The van der Waals surface area contributed by atoms with Gasteiger partial charge in [-0.3, -0.25) is 14.0 Å². The molecule has 0 aliphatic carbocycles. The molecule has 0 bridgehead atoms. The van der Waals surface area contributed by atoms with Crippen LogP contribution in [0.1, 0.15) is 10.5 Å². The molecular formula is C20H16FN5O2. The van der Waals surface area contributed by atoms with Crippen molar-refractivity contribution in [2.24, 2.45) is 0 Å². The minimum atomic E-state index is -0.727.